The summed E-state index contributed by atoms with van der Waals surface area (Å²) in [5.74, 6) is -0.898. The van der Waals surface area contributed by atoms with Crippen LogP contribution in [0.25, 0.3) is 6.08 Å². The van der Waals surface area contributed by atoms with Crippen LogP contribution in [-0.4, -0.2) is 23.6 Å². The van der Waals surface area contributed by atoms with Gasteiger partial charge in [0.1, 0.15) is 5.75 Å². The molecule has 0 unspecified atom stereocenters. The van der Waals surface area contributed by atoms with Crippen molar-refractivity contribution >= 4 is 39.6 Å². The zero-order chi connectivity index (χ0) is 20.4. The van der Waals surface area contributed by atoms with Gasteiger partial charge in [-0.3, -0.25) is 9.69 Å². The molecule has 1 aliphatic rings. The third-order valence-corrected chi connectivity index (χ3v) is 4.95. The maximum Gasteiger partial charge on any atom is 0.340 e. The minimum absolute atomic E-state index is 0.0122. The fraction of sp³-hybridized carbons (Fsp3) is 0.182. The number of carbonyl (C=O) groups is 2. The molecule has 0 saturated heterocycles. The van der Waals surface area contributed by atoms with Gasteiger partial charge in [0, 0.05) is 21.4 Å². The zero-order valence-corrected chi connectivity index (χ0v) is 17.4. The quantitative estimate of drug-likeness (QED) is 0.549. The van der Waals surface area contributed by atoms with Crippen molar-refractivity contribution in [2.45, 2.75) is 20.8 Å². The van der Waals surface area contributed by atoms with Crippen LogP contribution < -0.4 is 4.90 Å². The normalized spacial score (nSPS) is 15.5. The van der Waals surface area contributed by atoms with Gasteiger partial charge in [-0.15, -0.1) is 0 Å². The Balaban J connectivity index is 2.16. The fourth-order valence-corrected chi connectivity index (χ4v) is 3.46. The number of rotatable bonds is 4. The lowest BCUT2D eigenvalue weighted by atomic mass is 10.0. The van der Waals surface area contributed by atoms with Crippen LogP contribution in [0.4, 0.5) is 5.69 Å². The second-order valence-electron chi connectivity index (χ2n) is 6.42. The van der Waals surface area contributed by atoms with Gasteiger partial charge in [-0.1, -0.05) is 33.6 Å². The number of amides is 1. The number of anilines is 1. The largest absolute Gasteiger partial charge is 0.507 e. The van der Waals surface area contributed by atoms with Crippen molar-refractivity contribution in [2.24, 2.45) is 0 Å². The Morgan fingerprint density at radius 1 is 1.18 bits per heavy atom. The molecule has 1 aliphatic heterocycles. The van der Waals surface area contributed by atoms with E-state index in [9.17, 15) is 14.7 Å². The average molecular weight is 442 g/mol. The number of hydrogen-bond acceptors (Lipinski definition) is 4. The topological polar surface area (TPSA) is 66.8 Å². The molecule has 0 aromatic heterocycles. The molecular weight excluding hydrogens is 422 g/mol. The van der Waals surface area contributed by atoms with E-state index in [0.717, 1.165) is 10.0 Å². The van der Waals surface area contributed by atoms with Crippen LogP contribution >= 0.6 is 15.9 Å². The SMILES string of the molecule is CCOC(=O)C1=C(C)N(c2ccc(C)cc2)C(=O)/C1=C\c1cc(Br)ccc1O. The molecule has 0 aliphatic carbocycles. The Hall–Kier alpha value is -2.86. The van der Waals surface area contributed by atoms with Gasteiger partial charge in [0.25, 0.3) is 5.91 Å². The maximum absolute atomic E-state index is 13.2. The van der Waals surface area contributed by atoms with Crippen LogP contribution in [0.15, 0.2) is 63.8 Å². The summed E-state index contributed by atoms with van der Waals surface area (Å²) in [6.07, 6.45) is 1.52. The number of aryl methyl sites for hydroxylation is 1. The molecular formula is C22H20BrNO4. The molecule has 3 rings (SSSR count). The Morgan fingerprint density at radius 3 is 2.50 bits per heavy atom. The van der Waals surface area contributed by atoms with Gasteiger partial charge in [0.2, 0.25) is 0 Å². The van der Waals surface area contributed by atoms with E-state index in [1.807, 2.05) is 31.2 Å². The van der Waals surface area contributed by atoms with Gasteiger partial charge < -0.3 is 9.84 Å². The van der Waals surface area contributed by atoms with Crippen molar-refractivity contribution in [1.29, 1.82) is 0 Å². The Kier molecular flexibility index (Phi) is 5.70. The number of aromatic hydroxyl groups is 1. The molecule has 1 amide bonds. The summed E-state index contributed by atoms with van der Waals surface area (Å²) in [5.41, 5.74) is 3.04. The van der Waals surface area contributed by atoms with Crippen LogP contribution in [0.3, 0.4) is 0 Å². The Labute approximate surface area is 172 Å². The highest BCUT2D eigenvalue weighted by atomic mass is 79.9. The van der Waals surface area contributed by atoms with Crippen molar-refractivity contribution in [3.8, 4) is 5.75 Å². The third-order valence-electron chi connectivity index (χ3n) is 4.46. The second-order valence-corrected chi connectivity index (χ2v) is 7.33. The van der Waals surface area contributed by atoms with Gasteiger partial charge in [0.05, 0.1) is 17.8 Å². The minimum Gasteiger partial charge on any atom is -0.507 e. The predicted molar refractivity (Wildman–Crippen MR) is 112 cm³/mol. The third kappa shape index (κ3) is 3.73. The molecule has 0 spiro atoms. The summed E-state index contributed by atoms with van der Waals surface area (Å²) in [6, 6.07) is 12.4. The van der Waals surface area contributed by atoms with Gasteiger partial charge in [-0.05, 0) is 57.2 Å². The highest BCUT2D eigenvalue weighted by Crippen LogP contribution is 2.36. The van der Waals surface area contributed by atoms with Gasteiger partial charge in [-0.25, -0.2) is 4.79 Å². The molecule has 0 saturated carbocycles. The first kappa shape index (κ1) is 19.9. The minimum atomic E-state index is -0.566. The molecule has 28 heavy (non-hydrogen) atoms. The molecule has 2 aromatic rings. The predicted octanol–water partition coefficient (Wildman–Crippen LogP) is 4.73. The number of phenols is 1. The monoisotopic (exact) mass is 441 g/mol. The number of halogens is 1. The van der Waals surface area contributed by atoms with E-state index in [-0.39, 0.29) is 29.4 Å². The zero-order valence-electron chi connectivity index (χ0n) is 15.8. The molecule has 0 fully saturated rings. The molecule has 1 heterocycles. The summed E-state index contributed by atoms with van der Waals surface area (Å²) >= 11 is 3.36. The van der Waals surface area contributed by atoms with Crippen LogP contribution in [-0.2, 0) is 14.3 Å². The standard InChI is InChI=1S/C22H20BrNO4/c1-4-28-22(27)20-14(3)24(17-8-5-13(2)6-9-17)21(26)18(20)12-15-11-16(23)7-10-19(15)25/h5-12,25H,4H2,1-3H3/b18-12-. The number of esters is 1. The number of carbonyl (C=O) groups excluding carboxylic acids is 2. The Morgan fingerprint density at radius 2 is 1.86 bits per heavy atom. The van der Waals surface area contributed by atoms with Crippen molar-refractivity contribution in [2.75, 3.05) is 11.5 Å². The number of phenolic OH excluding ortho intramolecular Hbond substituents is 1. The number of hydrogen-bond donors (Lipinski definition) is 1. The van der Waals surface area contributed by atoms with Gasteiger partial charge in [0.15, 0.2) is 0 Å². The Bertz CT molecular complexity index is 1010. The lowest BCUT2D eigenvalue weighted by Gasteiger charge is -2.18. The molecule has 0 bridgehead atoms. The molecule has 0 atom stereocenters. The van der Waals surface area contributed by atoms with Crippen LogP contribution in [0, 0.1) is 6.92 Å². The number of nitrogens with zero attached hydrogens (tertiary/aromatic N) is 1. The average Bonchev–Trinajstić information content (AvgIpc) is 2.89. The van der Waals surface area contributed by atoms with E-state index < -0.39 is 5.97 Å². The first-order valence-corrected chi connectivity index (χ1v) is 9.62. The van der Waals surface area contributed by atoms with E-state index in [0.29, 0.717) is 16.9 Å². The first-order valence-electron chi connectivity index (χ1n) is 8.83. The van der Waals surface area contributed by atoms with Crippen molar-refractivity contribution in [3.63, 3.8) is 0 Å². The van der Waals surface area contributed by atoms with E-state index in [1.54, 1.807) is 26.0 Å². The van der Waals surface area contributed by atoms with Crippen molar-refractivity contribution < 1.29 is 19.4 Å². The van der Waals surface area contributed by atoms with Crippen LogP contribution in [0.5, 0.6) is 5.75 Å². The lowest BCUT2D eigenvalue weighted by molar-refractivity contribution is -0.138. The lowest BCUT2D eigenvalue weighted by Crippen LogP contribution is -2.24. The van der Waals surface area contributed by atoms with Gasteiger partial charge in [-0.2, -0.15) is 0 Å². The highest BCUT2D eigenvalue weighted by Gasteiger charge is 2.38. The number of benzene rings is 2. The van der Waals surface area contributed by atoms with Crippen LogP contribution in [0.2, 0.25) is 0 Å². The molecule has 0 radical (unpaired) electrons. The van der Waals surface area contributed by atoms with Crippen molar-refractivity contribution in [3.05, 3.63) is 74.9 Å². The second kappa shape index (κ2) is 8.02. The summed E-state index contributed by atoms with van der Waals surface area (Å²) < 4.78 is 5.93. The van der Waals surface area contributed by atoms with Crippen molar-refractivity contribution in [1.82, 2.24) is 0 Å². The molecule has 1 N–H and O–H groups in total. The van der Waals surface area contributed by atoms with E-state index in [2.05, 4.69) is 15.9 Å². The first-order chi connectivity index (χ1) is 13.3. The summed E-state index contributed by atoms with van der Waals surface area (Å²) in [5, 5.41) is 10.2. The van der Waals surface area contributed by atoms with E-state index in [1.165, 1.54) is 17.0 Å². The molecule has 2 aromatic carbocycles. The molecule has 144 valence electrons. The van der Waals surface area contributed by atoms with Gasteiger partial charge >= 0.3 is 5.97 Å². The number of allylic oxidation sites excluding steroid dienone is 1. The summed E-state index contributed by atoms with van der Waals surface area (Å²) in [7, 11) is 0. The fourth-order valence-electron chi connectivity index (χ4n) is 3.08. The molecule has 5 nitrogen and oxygen atoms in total. The summed E-state index contributed by atoms with van der Waals surface area (Å²) in [6.45, 7) is 5.59. The summed E-state index contributed by atoms with van der Waals surface area (Å²) in [4.78, 5) is 27.3. The number of ether oxygens (including phenoxy) is 1. The van der Waals surface area contributed by atoms with E-state index >= 15 is 0 Å². The highest BCUT2D eigenvalue weighted by molar-refractivity contribution is 9.10. The van der Waals surface area contributed by atoms with E-state index in [4.69, 9.17) is 4.74 Å². The maximum atomic E-state index is 13.2. The van der Waals surface area contributed by atoms with Crippen LogP contribution in [0.1, 0.15) is 25.0 Å². The molecule has 6 heteroatoms. The smallest absolute Gasteiger partial charge is 0.340 e.